The SMILES string of the molecule is CC(NC(=O)CSCc1ccc(Cl)cc1)c1ccc(OCC(=O)O)cc1. The smallest absolute Gasteiger partial charge is 0.341 e. The Labute approximate surface area is 161 Å². The van der Waals surface area contributed by atoms with E-state index in [0.29, 0.717) is 16.5 Å². The van der Waals surface area contributed by atoms with Gasteiger partial charge in [0.2, 0.25) is 5.91 Å². The standard InChI is InChI=1S/C19H20ClNO4S/c1-13(15-4-8-17(9-5-15)25-10-19(23)24)21-18(22)12-26-11-14-2-6-16(20)7-3-14/h2-9,13H,10-12H2,1H3,(H,21,22)(H,23,24). The minimum Gasteiger partial charge on any atom is -0.482 e. The zero-order chi connectivity index (χ0) is 18.9. The van der Waals surface area contributed by atoms with E-state index >= 15 is 0 Å². The number of hydrogen-bond acceptors (Lipinski definition) is 4. The Hall–Kier alpha value is -2.18. The van der Waals surface area contributed by atoms with Crippen molar-refractivity contribution in [1.82, 2.24) is 5.32 Å². The van der Waals surface area contributed by atoms with Crippen molar-refractivity contribution in [3.05, 3.63) is 64.7 Å². The van der Waals surface area contributed by atoms with E-state index in [1.807, 2.05) is 43.3 Å². The predicted molar refractivity (Wildman–Crippen MR) is 104 cm³/mol. The number of thioether (sulfide) groups is 1. The molecule has 0 heterocycles. The lowest BCUT2D eigenvalue weighted by atomic mass is 10.1. The van der Waals surface area contributed by atoms with Crippen LogP contribution in [-0.2, 0) is 15.3 Å². The number of carboxylic acids is 1. The summed E-state index contributed by atoms with van der Waals surface area (Å²) in [7, 11) is 0. The first-order valence-corrected chi connectivity index (χ1v) is 9.53. The van der Waals surface area contributed by atoms with Crippen LogP contribution >= 0.6 is 23.4 Å². The number of carbonyl (C=O) groups is 2. The molecule has 0 fully saturated rings. The Morgan fingerprint density at radius 1 is 1.15 bits per heavy atom. The highest BCUT2D eigenvalue weighted by atomic mass is 35.5. The molecule has 0 saturated carbocycles. The normalized spacial score (nSPS) is 11.6. The first kappa shape index (κ1) is 20.1. The van der Waals surface area contributed by atoms with Gasteiger partial charge in [0.1, 0.15) is 5.75 Å². The van der Waals surface area contributed by atoms with Crippen LogP contribution in [0.15, 0.2) is 48.5 Å². The molecule has 1 atom stereocenters. The highest BCUT2D eigenvalue weighted by Crippen LogP contribution is 2.19. The van der Waals surface area contributed by atoms with Crippen LogP contribution in [0.3, 0.4) is 0 Å². The summed E-state index contributed by atoms with van der Waals surface area (Å²) in [5, 5.41) is 12.2. The van der Waals surface area contributed by atoms with Gasteiger partial charge in [0.25, 0.3) is 0 Å². The molecular weight excluding hydrogens is 374 g/mol. The Balaban J connectivity index is 1.75. The number of halogens is 1. The van der Waals surface area contributed by atoms with Crippen molar-refractivity contribution in [2.75, 3.05) is 12.4 Å². The minimum atomic E-state index is -1.02. The van der Waals surface area contributed by atoms with Crippen LogP contribution in [0.25, 0.3) is 0 Å². The predicted octanol–water partition coefficient (Wildman–Crippen LogP) is 3.91. The molecule has 26 heavy (non-hydrogen) atoms. The number of benzene rings is 2. The maximum absolute atomic E-state index is 12.1. The van der Waals surface area contributed by atoms with E-state index in [4.69, 9.17) is 21.4 Å². The molecule has 0 aliphatic carbocycles. The Bertz CT molecular complexity index is 734. The van der Waals surface area contributed by atoms with Crippen molar-refractivity contribution in [2.45, 2.75) is 18.7 Å². The van der Waals surface area contributed by atoms with Crippen molar-refractivity contribution < 1.29 is 19.4 Å². The molecule has 138 valence electrons. The summed E-state index contributed by atoms with van der Waals surface area (Å²) in [5.74, 6) is 0.531. The monoisotopic (exact) mass is 393 g/mol. The average Bonchev–Trinajstić information content (AvgIpc) is 2.62. The minimum absolute atomic E-state index is 0.0392. The number of aliphatic carboxylic acids is 1. The lowest BCUT2D eigenvalue weighted by Crippen LogP contribution is -2.28. The number of carbonyl (C=O) groups excluding carboxylic acids is 1. The first-order valence-electron chi connectivity index (χ1n) is 8.00. The summed E-state index contributed by atoms with van der Waals surface area (Å²) in [6, 6.07) is 14.4. The lowest BCUT2D eigenvalue weighted by molar-refractivity contribution is -0.139. The molecule has 2 aromatic carbocycles. The third-order valence-corrected chi connectivity index (χ3v) is 4.79. The van der Waals surface area contributed by atoms with Gasteiger partial charge in [-0.15, -0.1) is 11.8 Å². The summed E-state index contributed by atoms with van der Waals surface area (Å²) in [4.78, 5) is 22.6. The second-order valence-corrected chi connectivity index (χ2v) is 7.08. The maximum Gasteiger partial charge on any atom is 0.341 e. The third-order valence-electron chi connectivity index (χ3n) is 3.54. The molecule has 1 unspecified atom stereocenters. The van der Waals surface area contributed by atoms with Crippen molar-refractivity contribution in [3.63, 3.8) is 0 Å². The zero-order valence-electron chi connectivity index (χ0n) is 14.3. The molecule has 0 aliphatic rings. The van der Waals surface area contributed by atoms with Crippen LogP contribution in [0.4, 0.5) is 0 Å². The summed E-state index contributed by atoms with van der Waals surface area (Å²) < 4.78 is 5.09. The second-order valence-electron chi connectivity index (χ2n) is 5.66. The fraction of sp³-hybridized carbons (Fsp3) is 0.263. The quantitative estimate of drug-likeness (QED) is 0.675. The van der Waals surface area contributed by atoms with Gasteiger partial charge < -0.3 is 15.2 Å². The fourth-order valence-electron chi connectivity index (χ4n) is 2.21. The van der Waals surface area contributed by atoms with E-state index in [1.165, 1.54) is 11.8 Å². The molecule has 1 amide bonds. The summed E-state index contributed by atoms with van der Waals surface area (Å²) >= 11 is 7.39. The van der Waals surface area contributed by atoms with Crippen LogP contribution in [-0.4, -0.2) is 29.3 Å². The molecule has 0 radical (unpaired) electrons. The number of carboxylic acid groups (broad SMARTS) is 1. The molecule has 5 nitrogen and oxygen atoms in total. The van der Waals surface area contributed by atoms with E-state index < -0.39 is 5.97 Å². The maximum atomic E-state index is 12.1. The summed E-state index contributed by atoms with van der Waals surface area (Å²) in [6.07, 6.45) is 0. The molecule has 0 aliphatic heterocycles. The van der Waals surface area contributed by atoms with E-state index in [9.17, 15) is 9.59 Å². The molecular formula is C19H20ClNO4S. The van der Waals surface area contributed by atoms with Crippen LogP contribution in [0.1, 0.15) is 24.1 Å². The Kier molecular flexibility index (Phi) is 7.81. The zero-order valence-corrected chi connectivity index (χ0v) is 15.8. The summed E-state index contributed by atoms with van der Waals surface area (Å²) in [5.41, 5.74) is 2.04. The van der Waals surface area contributed by atoms with Gasteiger partial charge in [0.15, 0.2) is 6.61 Å². The molecule has 2 aromatic rings. The molecule has 2 rings (SSSR count). The molecule has 0 spiro atoms. The first-order chi connectivity index (χ1) is 12.4. The number of hydrogen-bond donors (Lipinski definition) is 2. The molecule has 0 bridgehead atoms. The van der Waals surface area contributed by atoms with Gasteiger partial charge in [0, 0.05) is 10.8 Å². The molecule has 0 aromatic heterocycles. The van der Waals surface area contributed by atoms with Crippen molar-refractivity contribution in [2.24, 2.45) is 0 Å². The van der Waals surface area contributed by atoms with E-state index in [0.717, 1.165) is 16.9 Å². The van der Waals surface area contributed by atoms with E-state index in [2.05, 4.69) is 5.32 Å². The van der Waals surface area contributed by atoms with Gasteiger partial charge in [-0.05, 0) is 42.3 Å². The van der Waals surface area contributed by atoms with Crippen LogP contribution in [0.2, 0.25) is 5.02 Å². The molecule has 7 heteroatoms. The van der Waals surface area contributed by atoms with Crippen LogP contribution in [0.5, 0.6) is 5.75 Å². The second kappa shape index (κ2) is 10.1. The summed E-state index contributed by atoms with van der Waals surface area (Å²) in [6.45, 7) is 1.52. The highest BCUT2D eigenvalue weighted by molar-refractivity contribution is 7.99. The van der Waals surface area contributed by atoms with E-state index in [1.54, 1.807) is 12.1 Å². The van der Waals surface area contributed by atoms with Gasteiger partial charge in [0.05, 0.1) is 11.8 Å². The topological polar surface area (TPSA) is 75.6 Å². The fourth-order valence-corrected chi connectivity index (χ4v) is 3.13. The lowest BCUT2D eigenvalue weighted by Gasteiger charge is -2.15. The van der Waals surface area contributed by atoms with Crippen LogP contribution < -0.4 is 10.1 Å². The van der Waals surface area contributed by atoms with Gasteiger partial charge in [-0.1, -0.05) is 35.9 Å². The third kappa shape index (κ3) is 6.98. The number of amides is 1. The van der Waals surface area contributed by atoms with Gasteiger partial charge >= 0.3 is 5.97 Å². The van der Waals surface area contributed by atoms with E-state index in [-0.39, 0.29) is 18.6 Å². The highest BCUT2D eigenvalue weighted by Gasteiger charge is 2.10. The van der Waals surface area contributed by atoms with Crippen molar-refractivity contribution >= 4 is 35.2 Å². The van der Waals surface area contributed by atoms with Gasteiger partial charge in [-0.2, -0.15) is 0 Å². The van der Waals surface area contributed by atoms with Gasteiger partial charge in [-0.25, -0.2) is 4.79 Å². The molecule has 2 N–H and O–H groups in total. The largest absolute Gasteiger partial charge is 0.482 e. The average molecular weight is 394 g/mol. The number of rotatable bonds is 9. The Morgan fingerprint density at radius 2 is 1.81 bits per heavy atom. The number of ether oxygens (including phenoxy) is 1. The molecule has 0 saturated heterocycles. The van der Waals surface area contributed by atoms with Gasteiger partial charge in [-0.3, -0.25) is 4.79 Å². The number of nitrogens with one attached hydrogen (secondary N) is 1. The van der Waals surface area contributed by atoms with Crippen LogP contribution in [0, 0.1) is 0 Å². The van der Waals surface area contributed by atoms with Crippen molar-refractivity contribution in [3.8, 4) is 5.75 Å². The Morgan fingerprint density at radius 3 is 2.42 bits per heavy atom. The van der Waals surface area contributed by atoms with Crippen molar-refractivity contribution in [1.29, 1.82) is 0 Å².